The summed E-state index contributed by atoms with van der Waals surface area (Å²) in [6.45, 7) is 4.07. The van der Waals surface area contributed by atoms with Crippen molar-refractivity contribution in [2.75, 3.05) is 0 Å². The van der Waals surface area contributed by atoms with Gasteiger partial charge in [-0.1, -0.05) is 13.8 Å². The van der Waals surface area contributed by atoms with Crippen molar-refractivity contribution < 1.29 is 4.76 Å². The molecule has 2 N–H and O–H groups in total. The van der Waals surface area contributed by atoms with E-state index in [4.69, 9.17) is 0 Å². The maximum absolute atomic E-state index is 11.6. The molecule has 5 nitrogen and oxygen atoms in total. The number of rotatable bonds is 1. The molecule has 0 saturated heterocycles. The molecule has 2 aliphatic rings. The van der Waals surface area contributed by atoms with Crippen molar-refractivity contribution >= 4 is 6.34 Å². The zero-order chi connectivity index (χ0) is 10.1. The Labute approximate surface area is 82.2 Å². The van der Waals surface area contributed by atoms with Gasteiger partial charge in [0.2, 0.25) is 6.20 Å². The van der Waals surface area contributed by atoms with E-state index >= 15 is 0 Å². The lowest BCUT2D eigenvalue weighted by atomic mass is 10.1. The number of nitrogens with one attached hydrogen (secondary N) is 2. The first-order valence-corrected chi connectivity index (χ1v) is 4.60. The summed E-state index contributed by atoms with van der Waals surface area (Å²) in [5.41, 5.74) is 1.72. The van der Waals surface area contributed by atoms with Crippen molar-refractivity contribution in [3.05, 3.63) is 28.7 Å². The molecule has 0 aromatic heterocycles. The van der Waals surface area contributed by atoms with E-state index in [2.05, 4.69) is 15.6 Å². The van der Waals surface area contributed by atoms with E-state index in [1.807, 2.05) is 13.8 Å². The summed E-state index contributed by atoms with van der Waals surface area (Å²) in [7, 11) is 0. The molecule has 0 saturated carbocycles. The fourth-order valence-corrected chi connectivity index (χ4v) is 1.41. The van der Waals surface area contributed by atoms with Crippen LogP contribution >= 0.6 is 0 Å². The van der Waals surface area contributed by atoms with Crippen LogP contribution in [-0.4, -0.2) is 17.3 Å². The zero-order valence-electron chi connectivity index (χ0n) is 8.19. The van der Waals surface area contributed by atoms with Gasteiger partial charge in [0, 0.05) is 4.91 Å². The summed E-state index contributed by atoms with van der Waals surface area (Å²) in [6, 6.07) is 0. The van der Waals surface area contributed by atoms with Crippen molar-refractivity contribution in [1.82, 2.24) is 10.6 Å². The third kappa shape index (κ3) is 1.41. The summed E-state index contributed by atoms with van der Waals surface area (Å²) in [5.74, 6) is 0.305. The summed E-state index contributed by atoms with van der Waals surface area (Å²) in [6.07, 6.45) is 4.42. The Hall–Kier alpha value is -1.65. The Balaban J connectivity index is 2.30. The number of hydrogen-bond acceptors (Lipinski definition) is 4. The van der Waals surface area contributed by atoms with Gasteiger partial charge in [-0.05, 0) is 5.92 Å². The van der Waals surface area contributed by atoms with E-state index < -0.39 is 0 Å². The molecule has 0 bridgehead atoms. The van der Waals surface area contributed by atoms with E-state index in [0.717, 1.165) is 16.2 Å². The van der Waals surface area contributed by atoms with Crippen molar-refractivity contribution in [3.8, 4) is 0 Å². The lowest BCUT2D eigenvalue weighted by Gasteiger charge is -2.22. The van der Waals surface area contributed by atoms with Crippen LogP contribution in [0.1, 0.15) is 13.8 Å². The predicted octanol–water partition coefficient (Wildman–Crippen LogP) is 0.665. The van der Waals surface area contributed by atoms with Gasteiger partial charge in [0.1, 0.15) is 5.70 Å². The smallest absolute Gasteiger partial charge is 0.323 e. The minimum absolute atomic E-state index is 0.305. The number of hydrogen-bond donors (Lipinski definition) is 2. The van der Waals surface area contributed by atoms with Crippen LogP contribution in [0.15, 0.2) is 28.8 Å². The Morgan fingerprint density at radius 2 is 2.36 bits per heavy atom. The minimum atomic E-state index is -0.352. The standard InChI is InChI=1S/C9H13N4O/c1-6(2)8-4-13(14)9-7(12-8)3-10-5-11-9/h3-6,9,12H,1-2H3,(H,10,11)/q+1. The van der Waals surface area contributed by atoms with Crippen molar-refractivity contribution in [2.45, 2.75) is 20.0 Å². The molecule has 0 spiro atoms. The maximum atomic E-state index is 11.6. The van der Waals surface area contributed by atoms with Crippen LogP contribution in [-0.2, 0) is 0 Å². The molecule has 1 unspecified atom stereocenters. The Morgan fingerprint density at radius 3 is 3.07 bits per heavy atom. The molecular weight excluding hydrogens is 180 g/mol. The minimum Gasteiger partial charge on any atom is -0.349 e. The van der Waals surface area contributed by atoms with Crippen LogP contribution < -0.4 is 10.6 Å². The fraction of sp³-hybridized carbons (Fsp3) is 0.444. The molecule has 0 aromatic carbocycles. The van der Waals surface area contributed by atoms with Gasteiger partial charge < -0.3 is 10.6 Å². The molecular formula is C9H13N4O+. The van der Waals surface area contributed by atoms with Gasteiger partial charge in [-0.3, -0.25) is 0 Å². The zero-order valence-corrected chi connectivity index (χ0v) is 8.19. The van der Waals surface area contributed by atoms with Crippen molar-refractivity contribution in [3.63, 3.8) is 0 Å². The Kier molecular flexibility index (Phi) is 2.07. The van der Waals surface area contributed by atoms with Gasteiger partial charge in [-0.2, -0.15) is 0 Å². The van der Waals surface area contributed by atoms with Gasteiger partial charge in [0.05, 0.1) is 23.0 Å². The first kappa shape index (κ1) is 8.93. The molecule has 2 rings (SSSR count). The second kappa shape index (κ2) is 3.25. The van der Waals surface area contributed by atoms with Gasteiger partial charge >= 0.3 is 6.17 Å². The fourth-order valence-electron chi connectivity index (χ4n) is 1.41. The molecule has 0 radical (unpaired) electrons. The monoisotopic (exact) mass is 193 g/mol. The predicted molar refractivity (Wildman–Crippen MR) is 53.2 cm³/mol. The first-order valence-electron chi connectivity index (χ1n) is 4.60. The quantitative estimate of drug-likeness (QED) is 0.602. The molecule has 0 aliphatic carbocycles. The highest BCUT2D eigenvalue weighted by Gasteiger charge is 2.35. The number of allylic oxidation sites excluding steroid dienone is 1. The summed E-state index contributed by atoms with van der Waals surface area (Å²) in [4.78, 5) is 15.5. The molecule has 14 heavy (non-hydrogen) atoms. The van der Waals surface area contributed by atoms with E-state index in [-0.39, 0.29) is 6.17 Å². The van der Waals surface area contributed by atoms with E-state index in [1.54, 1.807) is 12.4 Å². The largest absolute Gasteiger partial charge is 0.349 e. The third-order valence-corrected chi connectivity index (χ3v) is 2.25. The Morgan fingerprint density at radius 1 is 1.57 bits per heavy atom. The molecule has 2 aliphatic heterocycles. The molecule has 0 aromatic rings. The number of aliphatic imine (C=N–C) groups is 1. The van der Waals surface area contributed by atoms with Crippen LogP contribution in [0.3, 0.4) is 0 Å². The van der Waals surface area contributed by atoms with Crippen LogP contribution in [0.2, 0.25) is 0 Å². The van der Waals surface area contributed by atoms with Crippen LogP contribution in [0, 0.1) is 10.8 Å². The molecule has 74 valence electrons. The van der Waals surface area contributed by atoms with Crippen molar-refractivity contribution in [2.24, 2.45) is 10.9 Å². The second-order valence-corrected chi connectivity index (χ2v) is 3.66. The van der Waals surface area contributed by atoms with Gasteiger partial charge in [0.25, 0.3) is 0 Å². The van der Waals surface area contributed by atoms with Gasteiger partial charge in [-0.25, -0.2) is 4.99 Å². The van der Waals surface area contributed by atoms with Crippen LogP contribution in [0.4, 0.5) is 0 Å². The topological polar surface area (TPSA) is 56.5 Å². The number of fused-ring (bicyclic) bond motifs is 1. The van der Waals surface area contributed by atoms with Crippen LogP contribution in [0.5, 0.6) is 0 Å². The first-order chi connectivity index (χ1) is 6.68. The summed E-state index contributed by atoms with van der Waals surface area (Å²) >= 11 is 0. The SMILES string of the molecule is CC(C)C1=C[N+](=O)C2NC=NC=C2N1. The lowest BCUT2D eigenvalue weighted by Crippen LogP contribution is -2.47. The third-order valence-electron chi connectivity index (χ3n) is 2.25. The van der Waals surface area contributed by atoms with E-state index in [1.165, 1.54) is 6.34 Å². The second-order valence-electron chi connectivity index (χ2n) is 3.66. The molecule has 0 fully saturated rings. The van der Waals surface area contributed by atoms with Gasteiger partial charge in [0.15, 0.2) is 0 Å². The van der Waals surface area contributed by atoms with Crippen molar-refractivity contribution in [1.29, 1.82) is 0 Å². The molecule has 5 heteroatoms. The lowest BCUT2D eigenvalue weighted by molar-refractivity contribution is -0.520. The molecule has 0 amide bonds. The van der Waals surface area contributed by atoms with E-state index in [9.17, 15) is 4.91 Å². The van der Waals surface area contributed by atoms with E-state index in [0.29, 0.717) is 5.92 Å². The number of nitrogens with zero attached hydrogens (tertiary/aromatic N) is 2. The summed E-state index contributed by atoms with van der Waals surface area (Å²) in [5, 5.41) is 6.07. The molecule has 2 heterocycles. The highest BCUT2D eigenvalue weighted by molar-refractivity contribution is 5.58. The summed E-state index contributed by atoms with van der Waals surface area (Å²) < 4.78 is 0.906. The average Bonchev–Trinajstić information content (AvgIpc) is 2.17. The normalized spacial score (nSPS) is 24.8. The maximum Gasteiger partial charge on any atom is 0.323 e. The highest BCUT2D eigenvalue weighted by Crippen LogP contribution is 2.17. The highest BCUT2D eigenvalue weighted by atomic mass is 16.3. The molecule has 1 atom stereocenters. The number of nitroso groups, excluding NO2 is 1. The average molecular weight is 193 g/mol. The van der Waals surface area contributed by atoms with Gasteiger partial charge in [-0.15, -0.1) is 0 Å². The van der Waals surface area contributed by atoms with Crippen LogP contribution in [0.25, 0.3) is 0 Å². The Bertz CT molecular complexity index is 354.